The van der Waals surface area contributed by atoms with Crippen LogP contribution in [0.15, 0.2) is 30.3 Å². The zero-order valence-electron chi connectivity index (χ0n) is 14.3. The van der Waals surface area contributed by atoms with E-state index in [0.717, 1.165) is 43.6 Å². The third-order valence-electron chi connectivity index (χ3n) is 4.66. The van der Waals surface area contributed by atoms with Crippen molar-refractivity contribution in [1.29, 1.82) is 0 Å². The Kier molecular flexibility index (Phi) is 5.64. The van der Waals surface area contributed by atoms with E-state index in [1.54, 1.807) is 0 Å². The van der Waals surface area contributed by atoms with Crippen molar-refractivity contribution in [3.05, 3.63) is 47.3 Å². The van der Waals surface area contributed by atoms with Crippen LogP contribution in [0, 0.1) is 0 Å². The van der Waals surface area contributed by atoms with Crippen LogP contribution in [0.5, 0.6) is 0 Å². The van der Waals surface area contributed by atoms with Gasteiger partial charge in [-0.2, -0.15) is 5.10 Å². The fourth-order valence-electron chi connectivity index (χ4n) is 3.29. The molecule has 0 fully saturated rings. The summed E-state index contributed by atoms with van der Waals surface area (Å²) in [6.45, 7) is 2.79. The number of amides is 1. The third-order valence-corrected chi connectivity index (χ3v) is 4.66. The zero-order chi connectivity index (χ0) is 16.8. The number of para-hydroxylation sites is 1. The summed E-state index contributed by atoms with van der Waals surface area (Å²) >= 11 is 0. The molecule has 0 saturated carbocycles. The molecule has 1 aliphatic rings. The molecule has 0 unspecified atom stereocenters. The number of nitrogens with one attached hydrogen (secondary N) is 3. The largest absolute Gasteiger partial charge is 0.325 e. The molecule has 3 rings (SSSR count). The first-order valence-corrected chi connectivity index (χ1v) is 8.92. The molecule has 24 heavy (non-hydrogen) atoms. The molecule has 1 aliphatic carbocycles. The van der Waals surface area contributed by atoms with Crippen LogP contribution in [-0.4, -0.2) is 28.7 Å². The number of carbonyl (C=O) groups excluding carboxylic acids is 1. The average Bonchev–Trinajstić information content (AvgIpc) is 3.03. The number of H-pyrrole nitrogens is 1. The van der Waals surface area contributed by atoms with E-state index in [0.29, 0.717) is 0 Å². The van der Waals surface area contributed by atoms with E-state index >= 15 is 0 Å². The molecular formula is C19H26N4O. The molecule has 0 aliphatic heterocycles. The minimum Gasteiger partial charge on any atom is -0.325 e. The molecular weight excluding hydrogens is 300 g/mol. The number of anilines is 1. The highest BCUT2D eigenvalue weighted by Gasteiger charge is 2.18. The highest BCUT2D eigenvalue weighted by atomic mass is 16.2. The molecule has 0 saturated heterocycles. The number of aryl methyl sites for hydroxylation is 1. The highest BCUT2D eigenvalue weighted by Crippen LogP contribution is 2.22. The van der Waals surface area contributed by atoms with Crippen molar-refractivity contribution >= 4 is 11.6 Å². The number of aromatic nitrogens is 2. The molecule has 1 amide bonds. The summed E-state index contributed by atoms with van der Waals surface area (Å²) in [6, 6.07) is 9.41. The first-order valence-electron chi connectivity index (χ1n) is 8.92. The first kappa shape index (κ1) is 16.7. The van der Waals surface area contributed by atoms with Gasteiger partial charge in [0.1, 0.15) is 0 Å². The van der Waals surface area contributed by atoms with Gasteiger partial charge in [0, 0.05) is 24.3 Å². The topological polar surface area (TPSA) is 69.8 Å². The summed E-state index contributed by atoms with van der Waals surface area (Å²) in [5.74, 6) is 0.0211. The summed E-state index contributed by atoms with van der Waals surface area (Å²) in [4.78, 5) is 12.4. The minimum absolute atomic E-state index is 0.0211. The Morgan fingerprint density at radius 3 is 2.83 bits per heavy atom. The Morgan fingerprint density at radius 1 is 1.25 bits per heavy atom. The molecule has 1 atom stereocenters. The SMILES string of the molecule is CC[C@@H](NCCc1n[nH]c2c1CCCC2)C(=O)Nc1ccccc1. The second-order valence-electron chi connectivity index (χ2n) is 6.35. The highest BCUT2D eigenvalue weighted by molar-refractivity contribution is 5.94. The smallest absolute Gasteiger partial charge is 0.241 e. The number of carbonyl (C=O) groups is 1. The van der Waals surface area contributed by atoms with Crippen LogP contribution >= 0.6 is 0 Å². The van der Waals surface area contributed by atoms with Crippen molar-refractivity contribution in [3.63, 3.8) is 0 Å². The number of fused-ring (bicyclic) bond motifs is 1. The summed E-state index contributed by atoms with van der Waals surface area (Å²) < 4.78 is 0. The van der Waals surface area contributed by atoms with E-state index in [1.165, 1.54) is 24.1 Å². The quantitative estimate of drug-likeness (QED) is 0.733. The Hall–Kier alpha value is -2.14. The summed E-state index contributed by atoms with van der Waals surface area (Å²) in [5, 5.41) is 14.0. The molecule has 5 heteroatoms. The Morgan fingerprint density at radius 2 is 2.04 bits per heavy atom. The lowest BCUT2D eigenvalue weighted by Gasteiger charge is -2.17. The fraction of sp³-hybridized carbons (Fsp3) is 0.474. The lowest BCUT2D eigenvalue weighted by Crippen LogP contribution is -2.41. The lowest BCUT2D eigenvalue weighted by molar-refractivity contribution is -0.118. The molecule has 128 valence electrons. The number of hydrogen-bond donors (Lipinski definition) is 3. The number of benzene rings is 1. The number of rotatable bonds is 7. The van der Waals surface area contributed by atoms with E-state index in [4.69, 9.17) is 0 Å². The average molecular weight is 326 g/mol. The predicted octanol–water partition coefficient (Wildman–Crippen LogP) is 2.84. The van der Waals surface area contributed by atoms with Gasteiger partial charge in [-0.05, 0) is 49.8 Å². The van der Waals surface area contributed by atoms with E-state index in [2.05, 4.69) is 20.8 Å². The molecule has 1 aromatic heterocycles. The molecule has 3 N–H and O–H groups in total. The Balaban J connectivity index is 1.51. The predicted molar refractivity (Wildman–Crippen MR) is 96.1 cm³/mol. The van der Waals surface area contributed by atoms with Crippen LogP contribution in [0.25, 0.3) is 0 Å². The van der Waals surface area contributed by atoms with Crippen molar-refractivity contribution in [1.82, 2.24) is 15.5 Å². The maximum atomic E-state index is 12.4. The normalized spacial score (nSPS) is 14.9. The Labute approximate surface area is 143 Å². The van der Waals surface area contributed by atoms with Crippen molar-refractivity contribution in [2.24, 2.45) is 0 Å². The standard InChI is InChI=1S/C19H26N4O/c1-2-16(19(24)21-14-8-4-3-5-9-14)20-13-12-18-15-10-6-7-11-17(15)22-23-18/h3-5,8-9,16,20H,2,6-7,10-13H2,1H3,(H,21,24)(H,22,23)/t16-/m1/s1. The van der Waals surface area contributed by atoms with Gasteiger partial charge in [0.2, 0.25) is 5.91 Å². The number of aromatic amines is 1. The molecule has 2 aromatic rings. The van der Waals surface area contributed by atoms with Crippen molar-refractivity contribution in [3.8, 4) is 0 Å². The molecule has 0 spiro atoms. The van der Waals surface area contributed by atoms with E-state index < -0.39 is 0 Å². The number of nitrogens with zero attached hydrogens (tertiary/aromatic N) is 1. The summed E-state index contributed by atoms with van der Waals surface area (Å²) in [7, 11) is 0. The molecule has 0 radical (unpaired) electrons. The monoisotopic (exact) mass is 326 g/mol. The molecule has 1 aromatic carbocycles. The lowest BCUT2D eigenvalue weighted by atomic mass is 9.95. The molecule has 5 nitrogen and oxygen atoms in total. The van der Waals surface area contributed by atoms with Crippen LogP contribution < -0.4 is 10.6 Å². The van der Waals surface area contributed by atoms with Crippen LogP contribution in [0.3, 0.4) is 0 Å². The fourth-order valence-corrected chi connectivity index (χ4v) is 3.29. The van der Waals surface area contributed by atoms with E-state index in [9.17, 15) is 4.79 Å². The van der Waals surface area contributed by atoms with Crippen molar-refractivity contribution in [2.75, 3.05) is 11.9 Å². The maximum absolute atomic E-state index is 12.4. The van der Waals surface area contributed by atoms with Crippen LogP contribution in [-0.2, 0) is 24.1 Å². The van der Waals surface area contributed by atoms with Gasteiger partial charge in [-0.25, -0.2) is 0 Å². The van der Waals surface area contributed by atoms with Gasteiger partial charge in [0.25, 0.3) is 0 Å². The van der Waals surface area contributed by atoms with E-state index in [-0.39, 0.29) is 11.9 Å². The Bertz CT molecular complexity index is 665. The van der Waals surface area contributed by atoms with Gasteiger partial charge >= 0.3 is 0 Å². The van der Waals surface area contributed by atoms with Crippen LogP contribution in [0.1, 0.15) is 43.1 Å². The second-order valence-corrected chi connectivity index (χ2v) is 6.35. The van der Waals surface area contributed by atoms with Crippen LogP contribution in [0.4, 0.5) is 5.69 Å². The third kappa shape index (κ3) is 4.03. The van der Waals surface area contributed by atoms with Gasteiger partial charge in [-0.15, -0.1) is 0 Å². The van der Waals surface area contributed by atoms with Crippen molar-refractivity contribution in [2.45, 2.75) is 51.5 Å². The zero-order valence-corrected chi connectivity index (χ0v) is 14.3. The summed E-state index contributed by atoms with van der Waals surface area (Å²) in [5.41, 5.74) is 4.72. The summed E-state index contributed by atoms with van der Waals surface area (Å²) in [6.07, 6.45) is 6.38. The van der Waals surface area contributed by atoms with Crippen LogP contribution in [0.2, 0.25) is 0 Å². The minimum atomic E-state index is -0.181. The second kappa shape index (κ2) is 8.11. The van der Waals surface area contributed by atoms with Gasteiger partial charge in [0.15, 0.2) is 0 Å². The van der Waals surface area contributed by atoms with E-state index in [1.807, 2.05) is 37.3 Å². The first-order chi connectivity index (χ1) is 11.8. The number of hydrogen-bond acceptors (Lipinski definition) is 3. The van der Waals surface area contributed by atoms with Gasteiger partial charge < -0.3 is 10.6 Å². The van der Waals surface area contributed by atoms with Crippen molar-refractivity contribution < 1.29 is 4.79 Å². The van der Waals surface area contributed by atoms with Gasteiger partial charge in [-0.1, -0.05) is 25.1 Å². The maximum Gasteiger partial charge on any atom is 0.241 e. The molecule has 1 heterocycles. The molecule has 0 bridgehead atoms. The van der Waals surface area contributed by atoms with Gasteiger partial charge in [0.05, 0.1) is 11.7 Å². The van der Waals surface area contributed by atoms with Gasteiger partial charge in [-0.3, -0.25) is 9.89 Å².